The molecule has 0 saturated carbocycles. The Kier molecular flexibility index (Phi) is 4.57. The number of quaternary nitrogens is 1. The summed E-state index contributed by atoms with van der Waals surface area (Å²) in [5, 5.41) is 2.62. The average molecular weight is 369 g/mol. The number of nitrogens with zero attached hydrogens (tertiary/aromatic N) is 2. The van der Waals surface area contributed by atoms with Gasteiger partial charge < -0.3 is 10.6 Å². The zero-order chi connectivity index (χ0) is 18.1. The second kappa shape index (κ2) is 7.01. The molecule has 2 atom stereocenters. The van der Waals surface area contributed by atoms with Crippen molar-refractivity contribution in [2.75, 3.05) is 6.54 Å². The smallest absolute Gasteiger partial charge is 0.262 e. The van der Waals surface area contributed by atoms with E-state index in [1.165, 1.54) is 14.3 Å². The molecule has 1 aliphatic heterocycles. The number of primary amides is 1. The average Bonchev–Trinajstić information content (AvgIpc) is 3.29. The van der Waals surface area contributed by atoms with Gasteiger partial charge in [-0.3, -0.25) is 14.2 Å². The zero-order valence-electron chi connectivity index (χ0n) is 14.4. The van der Waals surface area contributed by atoms with Crippen LogP contribution < -0.4 is 16.2 Å². The van der Waals surface area contributed by atoms with Gasteiger partial charge in [0.05, 0.1) is 22.3 Å². The Morgan fingerprint density at radius 2 is 2.15 bits per heavy atom. The Morgan fingerprint density at radius 1 is 1.31 bits per heavy atom. The molecule has 2 aromatic heterocycles. The van der Waals surface area contributed by atoms with E-state index in [1.807, 2.05) is 12.1 Å². The first-order chi connectivity index (χ1) is 12.6. The highest BCUT2D eigenvalue weighted by molar-refractivity contribution is 7.10. The molecule has 26 heavy (non-hydrogen) atoms. The number of thiophene rings is 1. The van der Waals surface area contributed by atoms with E-state index >= 15 is 0 Å². The van der Waals surface area contributed by atoms with Gasteiger partial charge >= 0.3 is 0 Å². The van der Waals surface area contributed by atoms with Crippen molar-refractivity contribution in [3.8, 4) is 0 Å². The molecule has 0 bridgehead atoms. The van der Waals surface area contributed by atoms with Gasteiger partial charge in [-0.15, -0.1) is 11.3 Å². The summed E-state index contributed by atoms with van der Waals surface area (Å²) in [6.07, 6.45) is 2.27. The molecule has 1 unspecified atom stereocenters. The van der Waals surface area contributed by atoms with E-state index in [2.05, 4.69) is 17.5 Å². The van der Waals surface area contributed by atoms with Gasteiger partial charge in [0.25, 0.3) is 5.56 Å². The summed E-state index contributed by atoms with van der Waals surface area (Å²) in [5.41, 5.74) is 5.86. The van der Waals surface area contributed by atoms with Crippen LogP contribution in [0.3, 0.4) is 0 Å². The number of nitrogens with two attached hydrogens (primary N) is 1. The Hall–Kier alpha value is -2.51. The third-order valence-corrected chi connectivity index (χ3v) is 6.00. The maximum absolute atomic E-state index is 12.9. The SMILES string of the molecule is NC(=O)Cn1c(C[NH+]2CCC[C@@H]2c2cccs2)nc2ccccc2c1=O. The van der Waals surface area contributed by atoms with Gasteiger partial charge in [-0.2, -0.15) is 0 Å². The molecule has 1 aromatic carbocycles. The third kappa shape index (κ3) is 3.15. The largest absolute Gasteiger partial charge is 0.368 e. The van der Waals surface area contributed by atoms with Gasteiger partial charge in [-0.25, -0.2) is 4.98 Å². The summed E-state index contributed by atoms with van der Waals surface area (Å²) in [5.74, 6) is 0.0996. The highest BCUT2D eigenvalue weighted by Crippen LogP contribution is 2.23. The van der Waals surface area contributed by atoms with E-state index in [0.717, 1.165) is 19.4 Å². The van der Waals surface area contributed by atoms with E-state index in [4.69, 9.17) is 10.7 Å². The minimum absolute atomic E-state index is 0.136. The van der Waals surface area contributed by atoms with Crippen LogP contribution in [0, 0.1) is 0 Å². The molecule has 1 amide bonds. The molecule has 134 valence electrons. The molecule has 4 rings (SSSR count). The van der Waals surface area contributed by atoms with Gasteiger partial charge in [0, 0.05) is 12.8 Å². The monoisotopic (exact) mass is 369 g/mol. The number of para-hydroxylation sites is 1. The van der Waals surface area contributed by atoms with Crippen LogP contribution in [0.2, 0.25) is 0 Å². The van der Waals surface area contributed by atoms with Crippen molar-refractivity contribution in [2.24, 2.45) is 5.73 Å². The number of hydrogen-bond acceptors (Lipinski definition) is 4. The fraction of sp³-hybridized carbons (Fsp3) is 0.316. The molecule has 6 nitrogen and oxygen atoms in total. The Labute approximate surface area is 154 Å². The number of benzene rings is 1. The summed E-state index contributed by atoms with van der Waals surface area (Å²) in [4.78, 5) is 31.9. The van der Waals surface area contributed by atoms with E-state index < -0.39 is 5.91 Å². The summed E-state index contributed by atoms with van der Waals surface area (Å²) in [6.45, 7) is 1.50. The number of hydrogen-bond donors (Lipinski definition) is 2. The van der Waals surface area contributed by atoms with Gasteiger partial charge in [0.1, 0.15) is 19.1 Å². The number of amides is 1. The van der Waals surface area contributed by atoms with Crippen LogP contribution in [0.15, 0.2) is 46.6 Å². The van der Waals surface area contributed by atoms with Crippen LogP contribution in [0.1, 0.15) is 29.6 Å². The second-order valence-corrected chi connectivity index (χ2v) is 7.68. The molecular weight excluding hydrogens is 348 g/mol. The van der Waals surface area contributed by atoms with Crippen molar-refractivity contribution in [3.63, 3.8) is 0 Å². The highest BCUT2D eigenvalue weighted by atomic mass is 32.1. The van der Waals surface area contributed by atoms with Crippen LogP contribution in [-0.2, 0) is 17.9 Å². The lowest BCUT2D eigenvalue weighted by Gasteiger charge is -2.22. The fourth-order valence-corrected chi connectivity index (χ4v) is 4.75. The molecule has 3 aromatic rings. The van der Waals surface area contributed by atoms with Crippen molar-refractivity contribution >= 4 is 28.1 Å². The maximum Gasteiger partial charge on any atom is 0.262 e. The first-order valence-corrected chi connectivity index (χ1v) is 9.66. The van der Waals surface area contributed by atoms with E-state index in [0.29, 0.717) is 29.3 Å². The molecule has 3 N–H and O–H groups in total. The highest BCUT2D eigenvalue weighted by Gasteiger charge is 2.32. The van der Waals surface area contributed by atoms with E-state index in [1.54, 1.807) is 23.5 Å². The van der Waals surface area contributed by atoms with Crippen molar-refractivity contribution in [3.05, 3.63) is 62.8 Å². The summed E-state index contributed by atoms with van der Waals surface area (Å²) >= 11 is 1.77. The summed E-state index contributed by atoms with van der Waals surface area (Å²) in [7, 11) is 0. The molecule has 0 spiro atoms. The molecule has 0 aliphatic carbocycles. The van der Waals surface area contributed by atoms with Crippen molar-refractivity contribution in [2.45, 2.75) is 32.0 Å². The quantitative estimate of drug-likeness (QED) is 0.700. The molecule has 0 radical (unpaired) electrons. The molecule has 1 fully saturated rings. The number of rotatable bonds is 5. The first kappa shape index (κ1) is 16.9. The van der Waals surface area contributed by atoms with E-state index in [9.17, 15) is 9.59 Å². The van der Waals surface area contributed by atoms with Gasteiger partial charge in [0.2, 0.25) is 5.91 Å². The Morgan fingerprint density at radius 3 is 2.92 bits per heavy atom. The van der Waals surface area contributed by atoms with Crippen molar-refractivity contribution < 1.29 is 9.69 Å². The lowest BCUT2D eigenvalue weighted by molar-refractivity contribution is -0.932. The normalized spacial score (nSPS) is 19.8. The first-order valence-electron chi connectivity index (χ1n) is 8.78. The number of likely N-dealkylation sites (tertiary alicyclic amines) is 1. The third-order valence-electron chi connectivity index (χ3n) is 5.01. The molecule has 3 heterocycles. The second-order valence-electron chi connectivity index (χ2n) is 6.70. The molecule has 1 saturated heterocycles. The lowest BCUT2D eigenvalue weighted by atomic mass is 10.2. The molecule has 1 aliphatic rings. The summed E-state index contributed by atoms with van der Waals surface area (Å²) < 4.78 is 1.45. The van der Waals surface area contributed by atoms with Crippen molar-refractivity contribution in [1.29, 1.82) is 0 Å². The van der Waals surface area contributed by atoms with Gasteiger partial charge in [-0.1, -0.05) is 18.2 Å². The number of carbonyl (C=O) groups is 1. The number of carbonyl (C=O) groups excluding carboxylic acids is 1. The minimum atomic E-state index is -0.531. The number of nitrogens with one attached hydrogen (secondary N) is 1. The zero-order valence-corrected chi connectivity index (χ0v) is 15.2. The van der Waals surface area contributed by atoms with Crippen LogP contribution in [0.5, 0.6) is 0 Å². The van der Waals surface area contributed by atoms with Crippen LogP contribution in [0.25, 0.3) is 10.9 Å². The molecule has 7 heteroatoms. The summed E-state index contributed by atoms with van der Waals surface area (Å²) in [6, 6.07) is 11.9. The predicted octanol–water partition coefficient (Wildman–Crippen LogP) is 0.863. The number of fused-ring (bicyclic) bond motifs is 1. The molecular formula is C19H21N4O2S+. The predicted molar refractivity (Wildman–Crippen MR) is 101 cm³/mol. The lowest BCUT2D eigenvalue weighted by Crippen LogP contribution is -3.09. The standard InChI is InChI=1S/C19H20N4O2S/c20-17(24)11-23-18(21-14-6-2-1-5-13(14)19(23)25)12-22-9-3-7-15(22)16-8-4-10-26-16/h1-2,4-6,8,10,15H,3,7,9,11-12H2,(H2,20,24)/p+1/t15-/m1/s1. The van der Waals surface area contributed by atoms with Gasteiger partial charge in [0.15, 0.2) is 5.82 Å². The Balaban J connectivity index is 1.75. The number of aromatic nitrogens is 2. The topological polar surface area (TPSA) is 82.4 Å². The maximum atomic E-state index is 12.9. The van der Waals surface area contributed by atoms with Crippen LogP contribution >= 0.6 is 11.3 Å². The van der Waals surface area contributed by atoms with E-state index in [-0.39, 0.29) is 12.1 Å². The van der Waals surface area contributed by atoms with Crippen LogP contribution in [0.4, 0.5) is 0 Å². The van der Waals surface area contributed by atoms with Crippen LogP contribution in [-0.4, -0.2) is 22.0 Å². The van der Waals surface area contributed by atoms with Gasteiger partial charge in [-0.05, 0) is 23.6 Å². The Bertz CT molecular complexity index is 996. The van der Waals surface area contributed by atoms with Crippen molar-refractivity contribution in [1.82, 2.24) is 9.55 Å². The minimum Gasteiger partial charge on any atom is -0.368 e. The fourth-order valence-electron chi connectivity index (χ4n) is 3.83.